The zero-order valence-electron chi connectivity index (χ0n) is 11.9. The van der Waals surface area contributed by atoms with Gasteiger partial charge >= 0.3 is 5.97 Å². The van der Waals surface area contributed by atoms with E-state index in [1.807, 2.05) is 13.8 Å². The van der Waals surface area contributed by atoms with Crippen LogP contribution in [0.5, 0.6) is 0 Å². The monoisotopic (exact) mass is 290 g/mol. The average molecular weight is 290 g/mol. The van der Waals surface area contributed by atoms with Crippen molar-refractivity contribution in [1.29, 1.82) is 0 Å². The number of nitrogens with one attached hydrogen (secondary N) is 1. The first-order valence-corrected chi connectivity index (χ1v) is 6.81. The molecule has 2 atom stereocenters. The predicted molar refractivity (Wildman–Crippen MR) is 75.4 cm³/mol. The maximum Gasteiger partial charge on any atom is 0.327 e. The van der Waals surface area contributed by atoms with Gasteiger partial charge in [-0.25, -0.2) is 4.79 Å². The van der Waals surface area contributed by atoms with Gasteiger partial charge in [0, 0.05) is 5.56 Å². The summed E-state index contributed by atoms with van der Waals surface area (Å²) in [7, 11) is 0. The Kier molecular flexibility index (Phi) is 4.26. The van der Waals surface area contributed by atoms with Crippen molar-refractivity contribution in [3.05, 3.63) is 35.9 Å². The van der Waals surface area contributed by atoms with Crippen LogP contribution in [0.1, 0.15) is 30.6 Å². The Morgan fingerprint density at radius 1 is 1.29 bits per heavy atom. The minimum atomic E-state index is -1.17. The molecule has 1 heterocycles. The summed E-state index contributed by atoms with van der Waals surface area (Å²) in [4.78, 5) is 37.0. The van der Waals surface area contributed by atoms with Crippen LogP contribution in [-0.4, -0.2) is 40.0 Å². The smallest absolute Gasteiger partial charge is 0.327 e. The van der Waals surface area contributed by atoms with E-state index in [0.717, 1.165) is 0 Å². The fourth-order valence-electron chi connectivity index (χ4n) is 2.45. The lowest BCUT2D eigenvalue weighted by atomic mass is 9.99. The van der Waals surface area contributed by atoms with Gasteiger partial charge in [0.15, 0.2) is 0 Å². The van der Waals surface area contributed by atoms with E-state index in [0.29, 0.717) is 5.56 Å². The largest absolute Gasteiger partial charge is 0.480 e. The summed E-state index contributed by atoms with van der Waals surface area (Å²) >= 11 is 0. The number of hydrogen-bond donors (Lipinski definition) is 2. The lowest BCUT2D eigenvalue weighted by Crippen LogP contribution is -2.64. The molecule has 1 aliphatic heterocycles. The van der Waals surface area contributed by atoms with Crippen LogP contribution < -0.4 is 5.32 Å². The second-order valence-electron chi connectivity index (χ2n) is 5.39. The third-order valence-electron chi connectivity index (χ3n) is 3.49. The topological polar surface area (TPSA) is 86.7 Å². The molecule has 2 N–H and O–H groups in total. The molecule has 1 aromatic rings. The summed E-state index contributed by atoms with van der Waals surface area (Å²) in [5, 5.41) is 12.1. The van der Waals surface area contributed by atoms with Gasteiger partial charge in [-0.2, -0.15) is 0 Å². The van der Waals surface area contributed by atoms with Crippen molar-refractivity contribution < 1.29 is 19.5 Å². The van der Waals surface area contributed by atoms with Gasteiger partial charge < -0.3 is 15.3 Å². The Morgan fingerprint density at radius 2 is 1.90 bits per heavy atom. The second kappa shape index (κ2) is 5.95. The molecule has 0 spiro atoms. The van der Waals surface area contributed by atoms with Crippen molar-refractivity contribution in [2.75, 3.05) is 0 Å². The van der Waals surface area contributed by atoms with Crippen LogP contribution >= 0.6 is 0 Å². The van der Waals surface area contributed by atoms with E-state index in [4.69, 9.17) is 0 Å². The van der Waals surface area contributed by atoms with Gasteiger partial charge in [-0.05, 0) is 18.1 Å². The highest BCUT2D eigenvalue weighted by atomic mass is 16.4. The summed E-state index contributed by atoms with van der Waals surface area (Å²) in [6.07, 6.45) is -0.850. The molecule has 6 heteroatoms. The number of hydrogen-bond acceptors (Lipinski definition) is 3. The van der Waals surface area contributed by atoms with Crippen LogP contribution in [0.3, 0.4) is 0 Å². The number of carbonyl (C=O) groups excluding carboxylic acids is 2. The highest BCUT2D eigenvalue weighted by Crippen LogP contribution is 2.22. The molecule has 21 heavy (non-hydrogen) atoms. The van der Waals surface area contributed by atoms with Crippen molar-refractivity contribution in [2.24, 2.45) is 5.92 Å². The van der Waals surface area contributed by atoms with E-state index in [1.54, 1.807) is 30.3 Å². The Hall–Kier alpha value is -2.37. The van der Waals surface area contributed by atoms with E-state index < -0.39 is 18.2 Å². The van der Waals surface area contributed by atoms with E-state index in [9.17, 15) is 19.5 Å². The van der Waals surface area contributed by atoms with Crippen LogP contribution in [0, 0.1) is 5.92 Å². The molecule has 0 saturated carbocycles. The Balaban J connectivity index is 2.40. The molecule has 1 saturated heterocycles. The molecule has 1 aromatic carbocycles. The third-order valence-corrected chi connectivity index (χ3v) is 3.49. The van der Waals surface area contributed by atoms with Gasteiger partial charge in [0.1, 0.15) is 12.2 Å². The molecular weight excluding hydrogens is 272 g/mol. The maximum absolute atomic E-state index is 12.6. The molecule has 0 aromatic heterocycles. The molecule has 0 radical (unpaired) electrons. The fraction of sp³-hybridized carbons (Fsp3) is 0.400. The molecule has 0 unspecified atom stereocenters. The first kappa shape index (κ1) is 15.0. The van der Waals surface area contributed by atoms with Crippen LogP contribution in [0.4, 0.5) is 0 Å². The van der Waals surface area contributed by atoms with Gasteiger partial charge in [0.2, 0.25) is 5.91 Å². The van der Waals surface area contributed by atoms with Crippen LogP contribution in [0.25, 0.3) is 0 Å². The van der Waals surface area contributed by atoms with Crippen molar-refractivity contribution in [1.82, 2.24) is 10.2 Å². The predicted octanol–water partition coefficient (Wildman–Crippen LogP) is 1.08. The lowest BCUT2D eigenvalue weighted by molar-refractivity contribution is -0.150. The summed E-state index contributed by atoms with van der Waals surface area (Å²) in [6, 6.07) is 7.35. The lowest BCUT2D eigenvalue weighted by Gasteiger charge is -2.42. The molecule has 112 valence electrons. The van der Waals surface area contributed by atoms with Crippen LogP contribution in [0.2, 0.25) is 0 Å². The van der Waals surface area contributed by atoms with Crippen molar-refractivity contribution in [3.63, 3.8) is 0 Å². The molecule has 2 amide bonds. The molecule has 1 fully saturated rings. The number of carbonyl (C=O) groups is 3. The van der Waals surface area contributed by atoms with Crippen LogP contribution in [0.15, 0.2) is 30.3 Å². The number of nitrogens with zero attached hydrogens (tertiary/aromatic N) is 1. The number of benzene rings is 1. The number of carboxylic acid groups (broad SMARTS) is 1. The maximum atomic E-state index is 12.6. The minimum Gasteiger partial charge on any atom is -0.480 e. The van der Waals surface area contributed by atoms with Gasteiger partial charge in [-0.15, -0.1) is 0 Å². The normalized spacial score (nSPS) is 22.0. The second-order valence-corrected chi connectivity index (χ2v) is 5.39. The standard InChI is InChI=1S/C15H18N2O4/c1-9(2)13-16-12(18)8-11(15(20)21)17(13)14(19)10-6-4-3-5-7-10/h3-7,9,11,13H,8H2,1-2H3,(H,16,18)(H,20,21)/t11-,13-/m0/s1. The van der Waals surface area contributed by atoms with Gasteiger partial charge in [0.05, 0.1) is 6.42 Å². The quantitative estimate of drug-likeness (QED) is 0.872. The first-order chi connectivity index (χ1) is 9.91. The van der Waals surface area contributed by atoms with Gasteiger partial charge in [0.25, 0.3) is 5.91 Å². The summed E-state index contributed by atoms with van der Waals surface area (Å²) in [6.45, 7) is 3.67. The number of amides is 2. The summed E-state index contributed by atoms with van der Waals surface area (Å²) < 4.78 is 0. The Morgan fingerprint density at radius 3 is 2.43 bits per heavy atom. The zero-order chi connectivity index (χ0) is 15.6. The van der Waals surface area contributed by atoms with Gasteiger partial charge in [-0.3, -0.25) is 9.59 Å². The van der Waals surface area contributed by atoms with E-state index in [-0.39, 0.29) is 24.2 Å². The highest BCUT2D eigenvalue weighted by Gasteiger charge is 2.42. The van der Waals surface area contributed by atoms with E-state index >= 15 is 0 Å². The number of aliphatic carboxylic acids is 1. The Labute approximate surface area is 122 Å². The fourth-order valence-corrected chi connectivity index (χ4v) is 2.45. The molecule has 1 aliphatic rings. The molecule has 0 bridgehead atoms. The van der Waals surface area contributed by atoms with E-state index in [1.165, 1.54) is 4.90 Å². The first-order valence-electron chi connectivity index (χ1n) is 6.81. The highest BCUT2D eigenvalue weighted by molar-refractivity contribution is 5.99. The van der Waals surface area contributed by atoms with Crippen molar-refractivity contribution >= 4 is 17.8 Å². The molecule has 2 rings (SSSR count). The SMILES string of the molecule is CC(C)[C@H]1NC(=O)C[C@@H](C(=O)O)N1C(=O)c1ccccc1. The molecular formula is C15H18N2O4. The summed E-state index contributed by atoms with van der Waals surface area (Å²) in [5.41, 5.74) is 0.408. The van der Waals surface area contributed by atoms with E-state index in [2.05, 4.69) is 5.32 Å². The average Bonchev–Trinajstić information content (AvgIpc) is 2.46. The summed E-state index contributed by atoms with van der Waals surface area (Å²) in [5.74, 6) is -2.00. The third kappa shape index (κ3) is 3.04. The minimum absolute atomic E-state index is 0.0937. The molecule has 6 nitrogen and oxygen atoms in total. The Bertz CT molecular complexity index is 556. The molecule has 0 aliphatic carbocycles. The van der Waals surface area contributed by atoms with Crippen molar-refractivity contribution in [3.8, 4) is 0 Å². The van der Waals surface area contributed by atoms with Gasteiger partial charge in [-0.1, -0.05) is 32.0 Å². The van der Waals surface area contributed by atoms with Crippen molar-refractivity contribution in [2.45, 2.75) is 32.5 Å². The van der Waals surface area contributed by atoms with Crippen LogP contribution in [-0.2, 0) is 9.59 Å². The number of rotatable bonds is 3. The number of carboxylic acids is 1. The zero-order valence-corrected chi connectivity index (χ0v) is 11.9.